The molecule has 1 aliphatic heterocycles. The molecular weight excluding hydrogens is 260 g/mol. The van der Waals surface area contributed by atoms with Crippen molar-refractivity contribution in [2.45, 2.75) is 6.04 Å². The molecule has 0 saturated carbocycles. The van der Waals surface area contributed by atoms with Gasteiger partial charge in [-0.15, -0.1) is 11.3 Å². The van der Waals surface area contributed by atoms with Gasteiger partial charge in [-0.2, -0.15) is 0 Å². The average Bonchev–Trinajstić information content (AvgIpc) is 3.09. The van der Waals surface area contributed by atoms with Gasteiger partial charge in [0.05, 0.1) is 13.2 Å². The van der Waals surface area contributed by atoms with Gasteiger partial charge in [-0.3, -0.25) is 0 Å². The number of ether oxygens (including phenoxy) is 1. The minimum absolute atomic E-state index is 0.109. The molecule has 0 bridgehead atoms. The van der Waals surface area contributed by atoms with E-state index >= 15 is 0 Å². The molecule has 1 fully saturated rings. The zero-order valence-electron chi connectivity index (χ0n) is 11.0. The summed E-state index contributed by atoms with van der Waals surface area (Å²) in [5, 5.41) is 4.33. The van der Waals surface area contributed by atoms with Crippen molar-refractivity contribution in [3.8, 4) is 0 Å². The Balaban J connectivity index is 1.82. The summed E-state index contributed by atoms with van der Waals surface area (Å²) >= 11 is 1.75. The zero-order valence-corrected chi connectivity index (χ0v) is 11.8. The van der Waals surface area contributed by atoms with Crippen LogP contribution in [-0.2, 0) is 11.8 Å². The van der Waals surface area contributed by atoms with Crippen LogP contribution in [0.3, 0.4) is 0 Å². The smallest absolute Gasteiger partial charge is 0.132 e. The lowest BCUT2D eigenvalue weighted by Gasteiger charge is -2.31. The van der Waals surface area contributed by atoms with E-state index < -0.39 is 0 Å². The molecule has 1 unspecified atom stereocenters. The van der Waals surface area contributed by atoms with E-state index in [1.54, 1.807) is 11.3 Å². The normalized spacial score (nSPS) is 18.6. The maximum atomic E-state index is 5.39. The number of hydrazine groups is 1. The van der Waals surface area contributed by atoms with Crippen LogP contribution in [0, 0.1) is 0 Å². The summed E-state index contributed by atoms with van der Waals surface area (Å²) in [4.78, 5) is 5.77. The van der Waals surface area contributed by atoms with Gasteiger partial charge in [-0.1, -0.05) is 6.07 Å². The topological polar surface area (TPSA) is 42.3 Å². The molecule has 0 aliphatic carbocycles. The van der Waals surface area contributed by atoms with E-state index in [1.807, 2.05) is 19.4 Å². The van der Waals surface area contributed by atoms with Crippen LogP contribution in [0.1, 0.15) is 16.7 Å². The molecule has 5 nitrogen and oxygen atoms in total. The van der Waals surface area contributed by atoms with E-state index in [2.05, 4.69) is 37.5 Å². The standard InChI is InChI=1S/C13H18N4OS/c1-16-5-4-14-13(16)12(11-3-2-10-19-11)15-17-6-8-18-9-7-17/h2-5,10,12,15H,6-9H2,1H3. The van der Waals surface area contributed by atoms with Crippen molar-refractivity contribution in [1.82, 2.24) is 20.0 Å². The third-order valence-electron chi connectivity index (χ3n) is 3.27. The highest BCUT2D eigenvalue weighted by Gasteiger charge is 2.22. The predicted octanol–water partition coefficient (Wildman–Crippen LogP) is 1.41. The van der Waals surface area contributed by atoms with Gasteiger partial charge in [0.2, 0.25) is 0 Å². The second-order valence-electron chi connectivity index (χ2n) is 4.57. The summed E-state index contributed by atoms with van der Waals surface area (Å²) < 4.78 is 7.45. The van der Waals surface area contributed by atoms with Crippen molar-refractivity contribution in [3.63, 3.8) is 0 Å². The Morgan fingerprint density at radius 1 is 1.42 bits per heavy atom. The second kappa shape index (κ2) is 5.83. The highest BCUT2D eigenvalue weighted by atomic mass is 32.1. The molecule has 0 spiro atoms. The fourth-order valence-electron chi connectivity index (χ4n) is 2.23. The molecule has 2 aromatic rings. The first kappa shape index (κ1) is 12.8. The van der Waals surface area contributed by atoms with Gasteiger partial charge < -0.3 is 9.30 Å². The fourth-order valence-corrected chi connectivity index (χ4v) is 3.00. The third-order valence-corrected chi connectivity index (χ3v) is 4.20. The van der Waals surface area contributed by atoms with Gasteiger partial charge in [-0.25, -0.2) is 15.4 Å². The fraction of sp³-hybridized carbons (Fsp3) is 0.462. The molecule has 0 amide bonds. The molecule has 0 aromatic carbocycles. The first-order chi connectivity index (χ1) is 9.34. The molecule has 1 aliphatic rings. The minimum atomic E-state index is 0.109. The summed E-state index contributed by atoms with van der Waals surface area (Å²) in [6.07, 6.45) is 3.83. The molecule has 19 heavy (non-hydrogen) atoms. The number of morpholine rings is 1. The number of rotatable bonds is 4. The molecule has 1 saturated heterocycles. The van der Waals surface area contributed by atoms with Crippen LogP contribution in [0.25, 0.3) is 0 Å². The molecule has 0 radical (unpaired) electrons. The minimum Gasteiger partial charge on any atom is -0.379 e. The van der Waals surface area contributed by atoms with E-state index in [9.17, 15) is 0 Å². The van der Waals surface area contributed by atoms with Gasteiger partial charge >= 0.3 is 0 Å². The molecule has 6 heteroatoms. The van der Waals surface area contributed by atoms with Crippen molar-refractivity contribution < 1.29 is 4.74 Å². The van der Waals surface area contributed by atoms with Gasteiger partial charge in [0.25, 0.3) is 0 Å². The van der Waals surface area contributed by atoms with Crippen LogP contribution in [-0.4, -0.2) is 40.9 Å². The number of hydrogen-bond donors (Lipinski definition) is 1. The van der Waals surface area contributed by atoms with Crippen molar-refractivity contribution in [2.24, 2.45) is 7.05 Å². The predicted molar refractivity (Wildman–Crippen MR) is 74.9 cm³/mol. The van der Waals surface area contributed by atoms with Crippen LogP contribution in [0.2, 0.25) is 0 Å². The Labute approximate surface area is 116 Å². The molecule has 1 N–H and O–H groups in total. The van der Waals surface area contributed by atoms with Gasteiger partial charge in [0.1, 0.15) is 11.9 Å². The molecule has 3 heterocycles. The number of nitrogens with zero attached hydrogens (tertiary/aromatic N) is 3. The van der Waals surface area contributed by atoms with E-state index in [-0.39, 0.29) is 6.04 Å². The highest BCUT2D eigenvalue weighted by molar-refractivity contribution is 7.10. The Morgan fingerprint density at radius 2 is 2.26 bits per heavy atom. The van der Waals surface area contributed by atoms with Gasteiger partial charge in [0, 0.05) is 37.4 Å². The van der Waals surface area contributed by atoms with E-state index in [0.29, 0.717) is 0 Å². The maximum absolute atomic E-state index is 5.39. The molecule has 1 atom stereocenters. The van der Waals surface area contributed by atoms with Crippen molar-refractivity contribution >= 4 is 11.3 Å². The first-order valence-electron chi connectivity index (χ1n) is 6.44. The van der Waals surface area contributed by atoms with Crippen LogP contribution in [0.15, 0.2) is 29.9 Å². The molecule has 102 valence electrons. The summed E-state index contributed by atoms with van der Waals surface area (Å²) in [7, 11) is 2.03. The maximum Gasteiger partial charge on any atom is 0.132 e. The first-order valence-corrected chi connectivity index (χ1v) is 7.32. The summed E-state index contributed by atoms with van der Waals surface area (Å²) in [6, 6.07) is 4.34. The lowest BCUT2D eigenvalue weighted by atomic mass is 10.2. The Hall–Kier alpha value is -1.21. The van der Waals surface area contributed by atoms with Gasteiger partial charge in [0.15, 0.2) is 0 Å². The number of aryl methyl sites for hydroxylation is 1. The summed E-state index contributed by atoms with van der Waals surface area (Å²) in [6.45, 7) is 3.38. The van der Waals surface area contributed by atoms with Crippen molar-refractivity contribution in [3.05, 3.63) is 40.6 Å². The SMILES string of the molecule is Cn1ccnc1C(NN1CCOCC1)c1cccs1. The molecule has 3 rings (SSSR count). The van der Waals surface area contributed by atoms with E-state index in [0.717, 1.165) is 32.1 Å². The monoisotopic (exact) mass is 278 g/mol. The number of hydrogen-bond acceptors (Lipinski definition) is 5. The lowest BCUT2D eigenvalue weighted by molar-refractivity contribution is 0.00595. The number of aromatic nitrogens is 2. The Kier molecular flexibility index (Phi) is 3.93. The zero-order chi connectivity index (χ0) is 13.1. The Bertz CT molecular complexity index is 504. The summed E-state index contributed by atoms with van der Waals surface area (Å²) in [5.74, 6) is 1.04. The quantitative estimate of drug-likeness (QED) is 0.918. The molecule has 2 aromatic heterocycles. The lowest BCUT2D eigenvalue weighted by Crippen LogP contribution is -2.47. The van der Waals surface area contributed by atoms with Crippen LogP contribution >= 0.6 is 11.3 Å². The third kappa shape index (κ3) is 2.87. The number of imidazole rings is 1. The number of thiophene rings is 1. The van der Waals surface area contributed by atoms with Gasteiger partial charge in [-0.05, 0) is 11.4 Å². The highest BCUT2D eigenvalue weighted by Crippen LogP contribution is 2.25. The summed E-state index contributed by atoms with van der Waals surface area (Å²) in [5.41, 5.74) is 3.58. The van der Waals surface area contributed by atoms with Crippen LogP contribution < -0.4 is 5.43 Å². The van der Waals surface area contributed by atoms with Crippen LogP contribution in [0.5, 0.6) is 0 Å². The molecular formula is C13H18N4OS. The van der Waals surface area contributed by atoms with E-state index in [4.69, 9.17) is 4.74 Å². The van der Waals surface area contributed by atoms with Crippen molar-refractivity contribution in [2.75, 3.05) is 26.3 Å². The van der Waals surface area contributed by atoms with Crippen molar-refractivity contribution in [1.29, 1.82) is 0 Å². The average molecular weight is 278 g/mol. The van der Waals surface area contributed by atoms with Crippen LogP contribution in [0.4, 0.5) is 0 Å². The number of nitrogens with one attached hydrogen (secondary N) is 1. The van der Waals surface area contributed by atoms with E-state index in [1.165, 1.54) is 4.88 Å². The Morgan fingerprint density at radius 3 is 2.89 bits per heavy atom. The second-order valence-corrected chi connectivity index (χ2v) is 5.55. The largest absolute Gasteiger partial charge is 0.379 e.